The van der Waals surface area contributed by atoms with E-state index in [1.165, 1.54) is 0 Å². The van der Waals surface area contributed by atoms with Gasteiger partial charge in [-0.15, -0.1) is 0 Å². The Balaban J connectivity index is 2.17. The highest BCUT2D eigenvalue weighted by molar-refractivity contribution is 5.98. The molecule has 1 N–H and O–H groups in total. The van der Waals surface area contributed by atoms with Crippen LogP contribution in [0.4, 0.5) is 5.69 Å². The number of nitrogens with zero attached hydrogens (tertiary/aromatic N) is 1. The maximum absolute atomic E-state index is 11.3. The molecule has 14 heavy (non-hydrogen) atoms. The summed E-state index contributed by atoms with van der Waals surface area (Å²) in [6.07, 6.45) is 4.93. The Morgan fingerprint density at radius 1 is 1.43 bits per heavy atom. The van der Waals surface area contributed by atoms with Crippen LogP contribution in [-0.2, 0) is 4.79 Å². The average Bonchev–Trinajstić information content (AvgIpc) is 2.52. The van der Waals surface area contributed by atoms with Crippen LogP contribution in [0.5, 0.6) is 0 Å². The van der Waals surface area contributed by atoms with E-state index in [2.05, 4.69) is 10.3 Å². The van der Waals surface area contributed by atoms with Gasteiger partial charge in [0.2, 0.25) is 0 Å². The molecule has 2 rings (SSSR count). The second-order valence-corrected chi connectivity index (χ2v) is 3.39. The quantitative estimate of drug-likeness (QED) is 0.773. The first-order chi connectivity index (χ1) is 6.77. The second-order valence-electron chi connectivity index (χ2n) is 3.39. The van der Waals surface area contributed by atoms with Crippen molar-refractivity contribution in [2.75, 3.05) is 5.32 Å². The molecule has 0 spiro atoms. The molecule has 1 aliphatic carbocycles. The van der Waals surface area contributed by atoms with Gasteiger partial charge in [-0.05, 0) is 25.5 Å². The number of nitrogens with one attached hydrogen (secondary N) is 1. The van der Waals surface area contributed by atoms with Gasteiger partial charge < -0.3 is 5.32 Å². The van der Waals surface area contributed by atoms with E-state index in [0.29, 0.717) is 6.42 Å². The van der Waals surface area contributed by atoms with E-state index in [9.17, 15) is 4.79 Å². The van der Waals surface area contributed by atoms with E-state index in [4.69, 9.17) is 0 Å². The third-order valence-corrected chi connectivity index (χ3v) is 2.43. The largest absolute Gasteiger partial charge is 0.357 e. The SMILES string of the molecule is CC1=C(Nc2cccnc2)CCC1=O. The van der Waals surface area contributed by atoms with Crippen LogP contribution in [0.3, 0.4) is 0 Å². The molecule has 0 saturated heterocycles. The molecule has 0 saturated carbocycles. The number of rotatable bonds is 2. The van der Waals surface area contributed by atoms with E-state index >= 15 is 0 Å². The summed E-state index contributed by atoms with van der Waals surface area (Å²) in [5, 5.41) is 3.22. The van der Waals surface area contributed by atoms with Crippen molar-refractivity contribution < 1.29 is 4.79 Å². The molecular weight excluding hydrogens is 176 g/mol. The van der Waals surface area contributed by atoms with Crippen molar-refractivity contribution in [3.63, 3.8) is 0 Å². The molecule has 1 heterocycles. The monoisotopic (exact) mass is 188 g/mol. The fourth-order valence-electron chi connectivity index (χ4n) is 1.55. The van der Waals surface area contributed by atoms with E-state index in [-0.39, 0.29) is 5.78 Å². The first-order valence-electron chi connectivity index (χ1n) is 4.67. The fraction of sp³-hybridized carbons (Fsp3) is 0.273. The van der Waals surface area contributed by atoms with Crippen molar-refractivity contribution >= 4 is 11.5 Å². The average molecular weight is 188 g/mol. The summed E-state index contributed by atoms with van der Waals surface area (Å²) >= 11 is 0. The zero-order valence-corrected chi connectivity index (χ0v) is 8.08. The van der Waals surface area contributed by atoms with Crippen molar-refractivity contribution in [1.29, 1.82) is 0 Å². The van der Waals surface area contributed by atoms with E-state index in [1.54, 1.807) is 12.4 Å². The molecule has 1 aromatic heterocycles. The van der Waals surface area contributed by atoms with Crippen LogP contribution in [0.15, 0.2) is 35.8 Å². The van der Waals surface area contributed by atoms with Gasteiger partial charge in [0.15, 0.2) is 5.78 Å². The Kier molecular flexibility index (Phi) is 2.31. The standard InChI is InChI=1S/C11H12N2O/c1-8-10(4-5-11(8)14)13-9-3-2-6-12-7-9/h2-3,6-7,13H,4-5H2,1H3. The van der Waals surface area contributed by atoms with Crippen molar-refractivity contribution in [1.82, 2.24) is 4.98 Å². The smallest absolute Gasteiger partial charge is 0.160 e. The summed E-state index contributed by atoms with van der Waals surface area (Å²) in [4.78, 5) is 15.3. The van der Waals surface area contributed by atoms with Crippen LogP contribution in [0.25, 0.3) is 0 Å². The van der Waals surface area contributed by atoms with Crippen LogP contribution in [0, 0.1) is 0 Å². The van der Waals surface area contributed by atoms with Gasteiger partial charge in [0.05, 0.1) is 11.9 Å². The summed E-state index contributed by atoms with van der Waals surface area (Å²) in [5.74, 6) is 0.247. The molecule has 0 unspecified atom stereocenters. The van der Waals surface area contributed by atoms with Gasteiger partial charge in [0.1, 0.15) is 0 Å². The molecule has 1 aliphatic rings. The molecule has 1 aromatic rings. The van der Waals surface area contributed by atoms with Gasteiger partial charge in [0.25, 0.3) is 0 Å². The third-order valence-electron chi connectivity index (χ3n) is 2.43. The van der Waals surface area contributed by atoms with Crippen molar-refractivity contribution in [3.8, 4) is 0 Å². The molecular formula is C11H12N2O. The Labute approximate surface area is 82.9 Å². The lowest BCUT2D eigenvalue weighted by molar-refractivity contribution is -0.114. The van der Waals surface area contributed by atoms with Gasteiger partial charge >= 0.3 is 0 Å². The first kappa shape index (κ1) is 8.94. The minimum absolute atomic E-state index is 0.247. The van der Waals surface area contributed by atoms with Crippen molar-refractivity contribution in [2.45, 2.75) is 19.8 Å². The highest BCUT2D eigenvalue weighted by Gasteiger charge is 2.18. The van der Waals surface area contributed by atoms with E-state index in [1.807, 2.05) is 19.1 Å². The van der Waals surface area contributed by atoms with Crippen LogP contribution < -0.4 is 5.32 Å². The van der Waals surface area contributed by atoms with Gasteiger partial charge in [0, 0.05) is 23.9 Å². The molecule has 0 aromatic carbocycles. The molecule has 72 valence electrons. The van der Waals surface area contributed by atoms with Crippen LogP contribution in [0.2, 0.25) is 0 Å². The molecule has 0 bridgehead atoms. The minimum Gasteiger partial charge on any atom is -0.357 e. The Morgan fingerprint density at radius 3 is 2.86 bits per heavy atom. The Bertz CT molecular complexity index is 382. The molecule has 0 atom stereocenters. The molecule has 3 nitrogen and oxygen atoms in total. The minimum atomic E-state index is 0.247. The number of carbonyl (C=O) groups is 1. The normalized spacial score (nSPS) is 16.2. The molecule has 0 amide bonds. The van der Waals surface area contributed by atoms with Crippen LogP contribution >= 0.6 is 0 Å². The van der Waals surface area contributed by atoms with E-state index in [0.717, 1.165) is 23.4 Å². The zero-order valence-electron chi connectivity index (χ0n) is 8.08. The number of hydrogen-bond acceptors (Lipinski definition) is 3. The number of ketones is 1. The lowest BCUT2D eigenvalue weighted by Crippen LogP contribution is -1.99. The van der Waals surface area contributed by atoms with Gasteiger partial charge in [-0.1, -0.05) is 0 Å². The molecule has 0 radical (unpaired) electrons. The molecule has 0 aliphatic heterocycles. The number of Topliss-reactive ketones (excluding diaryl/α,β-unsaturated/α-hetero) is 1. The summed E-state index contributed by atoms with van der Waals surface area (Å²) in [5.41, 5.74) is 2.83. The van der Waals surface area contributed by atoms with Gasteiger partial charge in [-0.3, -0.25) is 9.78 Å². The topological polar surface area (TPSA) is 42.0 Å². The highest BCUT2D eigenvalue weighted by Crippen LogP contribution is 2.23. The summed E-state index contributed by atoms with van der Waals surface area (Å²) < 4.78 is 0. The fourth-order valence-corrected chi connectivity index (χ4v) is 1.55. The first-order valence-corrected chi connectivity index (χ1v) is 4.67. The number of allylic oxidation sites excluding steroid dienone is 2. The number of aromatic nitrogens is 1. The highest BCUT2D eigenvalue weighted by atomic mass is 16.1. The predicted octanol–water partition coefficient (Wildman–Crippen LogP) is 2.13. The maximum Gasteiger partial charge on any atom is 0.160 e. The van der Waals surface area contributed by atoms with E-state index < -0.39 is 0 Å². The van der Waals surface area contributed by atoms with Gasteiger partial charge in [-0.25, -0.2) is 0 Å². The van der Waals surface area contributed by atoms with Crippen LogP contribution in [0.1, 0.15) is 19.8 Å². The second kappa shape index (κ2) is 3.62. The third kappa shape index (κ3) is 1.66. The number of pyridine rings is 1. The summed E-state index contributed by atoms with van der Waals surface area (Å²) in [6, 6.07) is 3.81. The predicted molar refractivity (Wildman–Crippen MR) is 54.8 cm³/mol. The summed E-state index contributed by atoms with van der Waals surface area (Å²) in [7, 11) is 0. The number of carbonyl (C=O) groups excluding carboxylic acids is 1. The maximum atomic E-state index is 11.3. The lowest BCUT2D eigenvalue weighted by atomic mass is 10.2. The number of hydrogen-bond donors (Lipinski definition) is 1. The van der Waals surface area contributed by atoms with Crippen molar-refractivity contribution in [3.05, 3.63) is 35.8 Å². The van der Waals surface area contributed by atoms with Crippen molar-refractivity contribution in [2.24, 2.45) is 0 Å². The van der Waals surface area contributed by atoms with Crippen LogP contribution in [-0.4, -0.2) is 10.8 Å². The Morgan fingerprint density at radius 2 is 2.29 bits per heavy atom. The molecule has 3 heteroatoms. The summed E-state index contributed by atoms with van der Waals surface area (Å²) in [6.45, 7) is 1.87. The zero-order chi connectivity index (χ0) is 9.97. The van der Waals surface area contributed by atoms with Gasteiger partial charge in [-0.2, -0.15) is 0 Å². The Hall–Kier alpha value is -1.64. The number of anilines is 1. The molecule has 0 fully saturated rings. The lowest BCUT2D eigenvalue weighted by Gasteiger charge is -2.06.